The minimum Gasteiger partial charge on any atom is -0.352 e. The van der Waals surface area contributed by atoms with E-state index in [1.165, 1.54) is 6.07 Å². The summed E-state index contributed by atoms with van der Waals surface area (Å²) < 4.78 is 14.3. The van der Waals surface area contributed by atoms with Gasteiger partial charge in [0.05, 0.1) is 5.56 Å². The molecule has 2 aromatic carbocycles. The number of carbonyl (C=O) groups is 1. The number of amides is 1. The molecule has 0 aliphatic heterocycles. The number of thiol groups is 1. The molecule has 0 atom stereocenters. The van der Waals surface area contributed by atoms with Crippen LogP contribution in [-0.4, -0.2) is 12.5 Å². The molecule has 2 aromatic rings. The molecule has 0 heterocycles. The third-order valence-electron chi connectivity index (χ3n) is 2.84. The molecule has 104 valence electrons. The van der Waals surface area contributed by atoms with E-state index in [9.17, 15) is 9.18 Å². The minimum absolute atomic E-state index is 0.209. The lowest BCUT2D eigenvalue weighted by Gasteiger charge is -2.08. The van der Waals surface area contributed by atoms with Gasteiger partial charge in [-0.15, -0.1) is 12.6 Å². The van der Waals surface area contributed by atoms with E-state index in [1.54, 1.807) is 36.4 Å². The van der Waals surface area contributed by atoms with Gasteiger partial charge in [0.15, 0.2) is 0 Å². The highest BCUT2D eigenvalue weighted by Gasteiger charge is 2.09. The predicted molar refractivity (Wildman–Crippen MR) is 83.8 cm³/mol. The van der Waals surface area contributed by atoms with E-state index in [2.05, 4.69) is 33.9 Å². The molecule has 20 heavy (non-hydrogen) atoms. The Hall–Kier alpha value is -1.33. The maximum Gasteiger partial charge on any atom is 0.252 e. The number of hydrogen-bond donors (Lipinski definition) is 2. The van der Waals surface area contributed by atoms with Gasteiger partial charge in [-0.05, 0) is 36.2 Å². The smallest absolute Gasteiger partial charge is 0.252 e. The first-order valence-corrected chi connectivity index (χ1v) is 7.32. The fraction of sp³-hybridized carbons (Fsp3) is 0.133. The number of nitrogens with one attached hydrogen (secondary N) is 1. The van der Waals surface area contributed by atoms with Crippen molar-refractivity contribution in [2.24, 2.45) is 0 Å². The summed E-state index contributed by atoms with van der Waals surface area (Å²) in [4.78, 5) is 12.6. The highest BCUT2D eigenvalue weighted by Crippen LogP contribution is 2.19. The molecule has 0 radical (unpaired) electrons. The summed E-state index contributed by atoms with van der Waals surface area (Å²) in [7, 11) is 0. The van der Waals surface area contributed by atoms with E-state index in [0.29, 0.717) is 29.0 Å². The van der Waals surface area contributed by atoms with Crippen LogP contribution in [0.2, 0.25) is 0 Å². The Kier molecular flexibility index (Phi) is 5.20. The molecule has 0 fully saturated rings. The van der Waals surface area contributed by atoms with Crippen LogP contribution in [0.3, 0.4) is 0 Å². The fourth-order valence-corrected chi connectivity index (χ4v) is 2.66. The normalized spacial score (nSPS) is 10.3. The van der Waals surface area contributed by atoms with E-state index in [4.69, 9.17) is 0 Å². The first kappa shape index (κ1) is 15.1. The van der Waals surface area contributed by atoms with Gasteiger partial charge in [0.1, 0.15) is 5.82 Å². The van der Waals surface area contributed by atoms with Crippen molar-refractivity contribution in [2.75, 3.05) is 6.54 Å². The van der Waals surface area contributed by atoms with Crippen molar-refractivity contribution >= 4 is 34.5 Å². The highest BCUT2D eigenvalue weighted by atomic mass is 79.9. The van der Waals surface area contributed by atoms with Gasteiger partial charge in [0, 0.05) is 15.9 Å². The van der Waals surface area contributed by atoms with E-state index in [1.807, 2.05) is 0 Å². The Bertz CT molecular complexity index is 633. The van der Waals surface area contributed by atoms with Crippen molar-refractivity contribution in [3.05, 3.63) is 63.9 Å². The number of carbonyl (C=O) groups excluding carboxylic acids is 1. The zero-order chi connectivity index (χ0) is 14.5. The Morgan fingerprint density at radius 3 is 2.70 bits per heavy atom. The van der Waals surface area contributed by atoms with E-state index in [-0.39, 0.29) is 11.7 Å². The van der Waals surface area contributed by atoms with Crippen LogP contribution in [0.4, 0.5) is 4.39 Å². The van der Waals surface area contributed by atoms with Crippen molar-refractivity contribution in [2.45, 2.75) is 11.3 Å². The molecule has 2 nitrogen and oxygen atoms in total. The molecule has 1 amide bonds. The van der Waals surface area contributed by atoms with Crippen LogP contribution in [0.5, 0.6) is 0 Å². The minimum atomic E-state index is -0.250. The predicted octanol–water partition coefficient (Wildman–Crippen LogP) is 3.85. The second kappa shape index (κ2) is 6.90. The second-order valence-corrected chi connectivity index (χ2v) is 5.66. The van der Waals surface area contributed by atoms with Crippen LogP contribution in [0, 0.1) is 5.82 Å². The van der Waals surface area contributed by atoms with Gasteiger partial charge in [-0.3, -0.25) is 4.79 Å². The molecule has 1 N–H and O–H groups in total. The lowest BCUT2D eigenvalue weighted by molar-refractivity contribution is 0.0951. The van der Waals surface area contributed by atoms with Gasteiger partial charge >= 0.3 is 0 Å². The highest BCUT2D eigenvalue weighted by molar-refractivity contribution is 9.10. The fourth-order valence-electron chi connectivity index (χ4n) is 1.80. The number of halogens is 2. The first-order chi connectivity index (χ1) is 9.58. The Morgan fingerprint density at radius 2 is 2.00 bits per heavy atom. The topological polar surface area (TPSA) is 29.1 Å². The van der Waals surface area contributed by atoms with Crippen molar-refractivity contribution in [1.29, 1.82) is 0 Å². The van der Waals surface area contributed by atoms with E-state index >= 15 is 0 Å². The van der Waals surface area contributed by atoms with Crippen LogP contribution < -0.4 is 5.32 Å². The third kappa shape index (κ3) is 3.84. The average Bonchev–Trinajstić information content (AvgIpc) is 2.40. The second-order valence-electron chi connectivity index (χ2n) is 4.26. The van der Waals surface area contributed by atoms with E-state index < -0.39 is 0 Å². The summed E-state index contributed by atoms with van der Waals surface area (Å²) in [5.41, 5.74) is 1.10. The van der Waals surface area contributed by atoms with E-state index in [0.717, 1.165) is 4.47 Å². The summed E-state index contributed by atoms with van der Waals surface area (Å²) in [6.07, 6.45) is 0.455. The molecule has 0 spiro atoms. The van der Waals surface area contributed by atoms with Gasteiger partial charge < -0.3 is 5.32 Å². The summed E-state index contributed by atoms with van der Waals surface area (Å²) in [6, 6.07) is 11.8. The van der Waals surface area contributed by atoms with Crippen molar-refractivity contribution in [3.8, 4) is 0 Å². The number of benzene rings is 2. The summed E-state index contributed by atoms with van der Waals surface area (Å²) >= 11 is 7.58. The molecule has 0 aromatic heterocycles. The summed E-state index contributed by atoms with van der Waals surface area (Å²) in [6.45, 7) is 0.378. The molecule has 0 aliphatic rings. The van der Waals surface area contributed by atoms with Gasteiger partial charge in [-0.2, -0.15) is 0 Å². The van der Waals surface area contributed by atoms with Gasteiger partial charge in [0.2, 0.25) is 0 Å². The van der Waals surface area contributed by atoms with Crippen molar-refractivity contribution in [1.82, 2.24) is 5.32 Å². The lowest BCUT2D eigenvalue weighted by Crippen LogP contribution is -2.26. The molecule has 2 rings (SSSR count). The third-order valence-corrected chi connectivity index (χ3v) is 3.71. The first-order valence-electron chi connectivity index (χ1n) is 6.08. The van der Waals surface area contributed by atoms with Gasteiger partial charge in [0.25, 0.3) is 5.91 Å². The van der Waals surface area contributed by atoms with Gasteiger partial charge in [-0.25, -0.2) is 4.39 Å². The molecule has 0 bridgehead atoms. The average molecular weight is 354 g/mol. The monoisotopic (exact) mass is 353 g/mol. The molecular weight excluding hydrogens is 341 g/mol. The van der Waals surface area contributed by atoms with Crippen LogP contribution in [-0.2, 0) is 6.42 Å². The summed E-state index contributed by atoms with van der Waals surface area (Å²) in [5.74, 6) is -0.459. The lowest BCUT2D eigenvalue weighted by atomic mass is 10.1. The standard InChI is InChI=1S/C15H13BrFNOS/c16-11-5-6-12(14(20)9-11)15(19)18-8-7-10-3-1-2-4-13(10)17/h1-6,9,20H,7-8H2,(H,18,19). The quantitative estimate of drug-likeness (QED) is 0.803. The van der Waals surface area contributed by atoms with Crippen molar-refractivity contribution in [3.63, 3.8) is 0 Å². The van der Waals surface area contributed by atoms with Gasteiger partial charge in [-0.1, -0.05) is 34.1 Å². The SMILES string of the molecule is O=C(NCCc1ccccc1F)c1ccc(Br)cc1S. The summed E-state index contributed by atoms with van der Waals surface area (Å²) in [5, 5.41) is 2.77. The largest absolute Gasteiger partial charge is 0.352 e. The Balaban J connectivity index is 1.94. The molecule has 0 aliphatic carbocycles. The van der Waals surface area contributed by atoms with Crippen LogP contribution >= 0.6 is 28.6 Å². The zero-order valence-corrected chi connectivity index (χ0v) is 13.0. The Morgan fingerprint density at radius 1 is 1.25 bits per heavy atom. The van der Waals surface area contributed by atoms with Crippen LogP contribution in [0.1, 0.15) is 15.9 Å². The Labute approximate surface area is 130 Å². The van der Waals surface area contributed by atoms with Crippen LogP contribution in [0.25, 0.3) is 0 Å². The molecule has 0 saturated carbocycles. The molecular formula is C15H13BrFNOS. The van der Waals surface area contributed by atoms with Crippen LogP contribution in [0.15, 0.2) is 51.8 Å². The molecule has 5 heteroatoms. The zero-order valence-electron chi connectivity index (χ0n) is 10.6. The maximum atomic E-state index is 13.4. The maximum absolute atomic E-state index is 13.4. The molecule has 0 unspecified atom stereocenters. The number of rotatable bonds is 4. The van der Waals surface area contributed by atoms with Crippen molar-refractivity contribution < 1.29 is 9.18 Å². The molecule has 0 saturated heterocycles. The number of hydrogen-bond acceptors (Lipinski definition) is 2.